The van der Waals surface area contributed by atoms with Crippen molar-refractivity contribution in [3.63, 3.8) is 0 Å². The summed E-state index contributed by atoms with van der Waals surface area (Å²) in [6.07, 6.45) is 0.801. The van der Waals surface area contributed by atoms with Gasteiger partial charge in [0.15, 0.2) is 0 Å². The van der Waals surface area contributed by atoms with E-state index in [1.165, 1.54) is 59.7 Å². The summed E-state index contributed by atoms with van der Waals surface area (Å²) >= 11 is 1.27. The summed E-state index contributed by atoms with van der Waals surface area (Å²) in [6.45, 7) is 7.17. The van der Waals surface area contributed by atoms with Gasteiger partial charge in [-0.05, 0) is 82.5 Å². The van der Waals surface area contributed by atoms with Crippen LogP contribution in [0.4, 0.5) is 9.18 Å². The lowest BCUT2D eigenvalue weighted by Gasteiger charge is -2.31. The molecule has 0 unspecified atom stereocenters. The summed E-state index contributed by atoms with van der Waals surface area (Å²) < 4.78 is 18.7. The molecule has 0 bridgehead atoms. The molecule has 234 valence electrons. The van der Waals surface area contributed by atoms with Gasteiger partial charge in [-0.1, -0.05) is 12.1 Å². The zero-order valence-corrected chi connectivity index (χ0v) is 26.2. The van der Waals surface area contributed by atoms with Crippen molar-refractivity contribution in [1.82, 2.24) is 20.1 Å². The number of carbonyl (C=O) groups is 4. The highest BCUT2D eigenvalue weighted by Crippen LogP contribution is 2.35. The van der Waals surface area contributed by atoms with Crippen LogP contribution in [0.5, 0.6) is 5.75 Å². The number of amides is 3. The number of carbonyl (C=O) groups excluding carboxylic acids is 4. The quantitative estimate of drug-likeness (QED) is 0.325. The number of thiazole rings is 1. The number of benzene rings is 2. The van der Waals surface area contributed by atoms with E-state index in [0.717, 1.165) is 0 Å². The van der Waals surface area contributed by atoms with Crippen molar-refractivity contribution < 1.29 is 33.4 Å². The maximum atomic E-state index is 14.1. The minimum Gasteiger partial charge on any atom is -0.508 e. The normalized spacial score (nSPS) is 16.2. The van der Waals surface area contributed by atoms with Gasteiger partial charge in [0.05, 0.1) is 6.04 Å². The molecular formula is C32H37FN4O6S. The van der Waals surface area contributed by atoms with E-state index in [9.17, 15) is 28.7 Å². The largest absolute Gasteiger partial charge is 0.508 e. The molecule has 3 atom stereocenters. The number of aromatic nitrogens is 1. The van der Waals surface area contributed by atoms with E-state index in [2.05, 4.69) is 10.3 Å². The number of rotatable bonds is 9. The Labute approximate surface area is 259 Å². The number of ketones is 1. The topological polar surface area (TPSA) is 129 Å². The number of hydrogen-bond donors (Lipinski definition) is 2. The highest BCUT2D eigenvalue weighted by Gasteiger charge is 2.38. The molecule has 0 saturated carbocycles. The molecule has 2 aromatic carbocycles. The lowest BCUT2D eigenvalue weighted by Crippen LogP contribution is -2.54. The molecule has 2 heterocycles. The SMILES string of the molecule is C[C@@H](C(=O)N[C@@H](Cc1ccc(O)cc1)C(=O)N1CCC[C@H]1c1nc(C(=O)c2ccc(F)cc2)cs1)N(C)C(=O)OC(C)(C)C. The van der Waals surface area contributed by atoms with Crippen molar-refractivity contribution in [2.24, 2.45) is 0 Å². The maximum Gasteiger partial charge on any atom is 0.410 e. The second-order valence-electron chi connectivity index (χ2n) is 11.8. The molecule has 0 spiro atoms. The zero-order chi connectivity index (χ0) is 32.2. The van der Waals surface area contributed by atoms with Crippen LogP contribution in [0.25, 0.3) is 0 Å². The first-order valence-corrected chi connectivity index (χ1v) is 15.2. The van der Waals surface area contributed by atoms with Crippen LogP contribution in [0.3, 0.4) is 0 Å². The van der Waals surface area contributed by atoms with Crippen LogP contribution in [-0.2, 0) is 20.7 Å². The molecule has 0 radical (unpaired) electrons. The van der Waals surface area contributed by atoms with Gasteiger partial charge < -0.3 is 20.1 Å². The predicted octanol–water partition coefficient (Wildman–Crippen LogP) is 4.87. The van der Waals surface area contributed by atoms with Crippen molar-refractivity contribution in [1.29, 1.82) is 0 Å². The molecule has 1 aromatic heterocycles. The Bertz CT molecular complexity index is 1500. The summed E-state index contributed by atoms with van der Waals surface area (Å²) in [5.74, 6) is -1.58. The van der Waals surface area contributed by atoms with Crippen LogP contribution in [-0.4, -0.2) is 74.9 Å². The van der Waals surface area contributed by atoms with Gasteiger partial charge >= 0.3 is 6.09 Å². The van der Waals surface area contributed by atoms with Crippen molar-refractivity contribution in [2.45, 2.75) is 70.7 Å². The molecule has 0 aliphatic carbocycles. The van der Waals surface area contributed by atoms with Gasteiger partial charge in [-0.25, -0.2) is 14.2 Å². The highest BCUT2D eigenvalue weighted by atomic mass is 32.1. The summed E-state index contributed by atoms with van der Waals surface area (Å²) in [5.41, 5.74) is 0.489. The van der Waals surface area contributed by atoms with Gasteiger partial charge in [0, 0.05) is 31.0 Å². The van der Waals surface area contributed by atoms with Crippen LogP contribution in [0.2, 0.25) is 0 Å². The van der Waals surface area contributed by atoms with E-state index in [-0.39, 0.29) is 29.6 Å². The number of halogens is 1. The first-order chi connectivity index (χ1) is 20.7. The van der Waals surface area contributed by atoms with Gasteiger partial charge in [0.25, 0.3) is 0 Å². The van der Waals surface area contributed by atoms with Gasteiger partial charge in [-0.15, -0.1) is 11.3 Å². The van der Waals surface area contributed by atoms with Crippen molar-refractivity contribution in [3.05, 3.63) is 81.6 Å². The standard InChI is InChI=1S/C32H37FN4O6S/c1-19(36(5)31(42)43-32(2,3)4)28(40)34-24(17-20-8-14-23(38)15-9-20)30(41)37-16-6-7-26(37)29-35-25(18-44-29)27(39)21-10-12-22(33)13-11-21/h8-15,18-19,24,26,38H,6-7,16-17H2,1-5H3,(H,34,40)/t19-,24-,26-/m0/s1. The van der Waals surface area contributed by atoms with Crippen LogP contribution >= 0.6 is 11.3 Å². The van der Waals surface area contributed by atoms with Gasteiger partial charge in [-0.2, -0.15) is 0 Å². The van der Waals surface area contributed by atoms with Crippen LogP contribution in [0.15, 0.2) is 53.9 Å². The van der Waals surface area contributed by atoms with Crippen molar-refractivity contribution >= 4 is 35.0 Å². The molecular weight excluding hydrogens is 587 g/mol. The second kappa shape index (κ2) is 13.5. The van der Waals surface area contributed by atoms with Crippen LogP contribution < -0.4 is 5.32 Å². The molecule has 3 aromatic rings. The Morgan fingerprint density at radius 3 is 2.43 bits per heavy atom. The van der Waals surface area contributed by atoms with E-state index in [4.69, 9.17) is 4.74 Å². The summed E-state index contributed by atoms with van der Waals surface area (Å²) in [4.78, 5) is 60.4. The molecule has 1 saturated heterocycles. The molecule has 4 rings (SSSR count). The Balaban J connectivity index is 1.54. The zero-order valence-electron chi connectivity index (χ0n) is 25.4. The van der Waals surface area contributed by atoms with E-state index in [0.29, 0.717) is 35.5 Å². The highest BCUT2D eigenvalue weighted by molar-refractivity contribution is 7.10. The third-order valence-electron chi connectivity index (χ3n) is 7.31. The minimum atomic E-state index is -0.984. The first kappa shape index (κ1) is 32.6. The average Bonchev–Trinajstić information content (AvgIpc) is 3.66. The Kier molecular flexibility index (Phi) is 10.0. The number of ether oxygens (including phenoxy) is 1. The Morgan fingerprint density at radius 1 is 1.14 bits per heavy atom. The summed E-state index contributed by atoms with van der Waals surface area (Å²) in [5, 5.41) is 14.8. The molecule has 1 aliphatic rings. The van der Waals surface area contributed by atoms with Crippen molar-refractivity contribution in [3.8, 4) is 5.75 Å². The molecule has 10 nitrogen and oxygen atoms in total. The van der Waals surface area contributed by atoms with E-state index in [1.807, 2.05) is 0 Å². The number of nitrogens with zero attached hydrogens (tertiary/aromatic N) is 3. The van der Waals surface area contributed by atoms with Gasteiger partial charge in [0.1, 0.15) is 40.0 Å². The summed E-state index contributed by atoms with van der Waals surface area (Å²) in [7, 11) is 1.46. The molecule has 1 aliphatic heterocycles. The molecule has 3 amide bonds. The lowest BCUT2D eigenvalue weighted by molar-refractivity contribution is -0.138. The number of likely N-dealkylation sites (tertiary alicyclic amines) is 1. The van der Waals surface area contributed by atoms with Gasteiger partial charge in [0.2, 0.25) is 17.6 Å². The number of likely N-dealkylation sites (N-methyl/N-ethyl adjacent to an activating group) is 1. The Hall–Kier alpha value is -4.32. The molecule has 1 fully saturated rings. The molecule has 12 heteroatoms. The van der Waals surface area contributed by atoms with E-state index in [1.54, 1.807) is 50.1 Å². The molecule has 44 heavy (non-hydrogen) atoms. The number of phenolic OH excluding ortho intramolecular Hbond substituents is 1. The fourth-order valence-corrected chi connectivity index (χ4v) is 5.75. The van der Waals surface area contributed by atoms with Crippen molar-refractivity contribution in [2.75, 3.05) is 13.6 Å². The third kappa shape index (κ3) is 7.98. The number of aromatic hydroxyl groups is 1. The number of phenols is 1. The van der Waals surface area contributed by atoms with E-state index >= 15 is 0 Å². The average molecular weight is 625 g/mol. The molecule has 2 N–H and O–H groups in total. The summed E-state index contributed by atoms with van der Waals surface area (Å²) in [6, 6.07) is 9.27. The van der Waals surface area contributed by atoms with E-state index < -0.39 is 41.5 Å². The third-order valence-corrected chi connectivity index (χ3v) is 8.26. The fourth-order valence-electron chi connectivity index (χ4n) is 4.81. The second-order valence-corrected chi connectivity index (χ2v) is 12.7. The first-order valence-electron chi connectivity index (χ1n) is 14.3. The van der Waals surface area contributed by atoms with Crippen LogP contribution in [0, 0.1) is 5.82 Å². The number of hydrogen-bond acceptors (Lipinski definition) is 8. The van der Waals surface area contributed by atoms with Gasteiger partial charge in [-0.3, -0.25) is 19.3 Å². The predicted molar refractivity (Wildman–Crippen MR) is 163 cm³/mol. The Morgan fingerprint density at radius 2 is 1.80 bits per heavy atom. The van der Waals surface area contributed by atoms with Crippen LogP contribution in [0.1, 0.15) is 73.2 Å². The maximum absolute atomic E-state index is 14.1. The lowest BCUT2D eigenvalue weighted by atomic mass is 10.0. The number of nitrogens with one attached hydrogen (secondary N) is 1. The monoisotopic (exact) mass is 624 g/mol. The minimum absolute atomic E-state index is 0.0719. The fraction of sp³-hybridized carbons (Fsp3) is 0.406. The smallest absolute Gasteiger partial charge is 0.410 e.